The fraction of sp³-hybridized carbons (Fsp3) is 0.238. The molecule has 9 nitrogen and oxygen atoms in total. The van der Waals surface area contributed by atoms with Crippen molar-refractivity contribution in [3.63, 3.8) is 0 Å². The number of ether oxygens (including phenoxy) is 3. The number of carbonyl (C=O) groups excluding carboxylic acids is 1. The molecule has 0 bridgehead atoms. The highest BCUT2D eigenvalue weighted by Gasteiger charge is 2.33. The van der Waals surface area contributed by atoms with Crippen LogP contribution in [-0.4, -0.2) is 45.4 Å². The molecule has 0 fully saturated rings. The van der Waals surface area contributed by atoms with Crippen LogP contribution in [0.1, 0.15) is 21.6 Å². The zero-order valence-electron chi connectivity index (χ0n) is 17.2. The van der Waals surface area contributed by atoms with E-state index < -0.39 is 15.7 Å². The van der Waals surface area contributed by atoms with Gasteiger partial charge in [-0.05, 0) is 42.5 Å². The van der Waals surface area contributed by atoms with Crippen LogP contribution >= 0.6 is 0 Å². The van der Waals surface area contributed by atoms with Gasteiger partial charge in [-0.1, -0.05) is 0 Å². The first-order chi connectivity index (χ1) is 14.8. The fourth-order valence-electron chi connectivity index (χ4n) is 3.44. The van der Waals surface area contributed by atoms with E-state index in [2.05, 4.69) is 10.4 Å². The summed E-state index contributed by atoms with van der Waals surface area (Å²) in [7, 11) is 1.26. The SMILES string of the molecule is COc1ccc(-n2nc3c(c2NC(=O)c2ccc(OC)c(OC)c2)CS(=O)(=O)C3)cc1. The van der Waals surface area contributed by atoms with Crippen molar-refractivity contribution >= 4 is 21.6 Å². The Morgan fingerprint density at radius 3 is 2.32 bits per heavy atom. The molecule has 10 heteroatoms. The van der Waals surface area contributed by atoms with E-state index >= 15 is 0 Å². The molecule has 31 heavy (non-hydrogen) atoms. The molecule has 1 aliphatic heterocycles. The Morgan fingerprint density at radius 2 is 1.68 bits per heavy atom. The lowest BCUT2D eigenvalue weighted by atomic mass is 10.2. The number of carbonyl (C=O) groups is 1. The van der Waals surface area contributed by atoms with Crippen molar-refractivity contribution in [3.8, 4) is 22.9 Å². The Morgan fingerprint density at radius 1 is 0.968 bits per heavy atom. The Bertz CT molecular complexity index is 1250. The van der Waals surface area contributed by atoms with Crippen LogP contribution in [0.5, 0.6) is 17.2 Å². The summed E-state index contributed by atoms with van der Waals surface area (Å²) in [6, 6.07) is 11.9. The van der Waals surface area contributed by atoms with Crippen molar-refractivity contribution < 1.29 is 27.4 Å². The van der Waals surface area contributed by atoms with Crippen LogP contribution in [0.25, 0.3) is 5.69 Å². The number of nitrogens with zero attached hydrogens (tertiary/aromatic N) is 2. The molecule has 0 aliphatic carbocycles. The third kappa shape index (κ3) is 3.93. The average molecular weight is 443 g/mol. The summed E-state index contributed by atoms with van der Waals surface area (Å²) in [5, 5.41) is 7.29. The lowest BCUT2D eigenvalue weighted by molar-refractivity contribution is 0.102. The predicted molar refractivity (Wildman–Crippen MR) is 114 cm³/mol. The van der Waals surface area contributed by atoms with Gasteiger partial charge in [0.2, 0.25) is 0 Å². The number of fused-ring (bicyclic) bond motifs is 1. The van der Waals surface area contributed by atoms with E-state index in [1.165, 1.54) is 18.9 Å². The van der Waals surface area contributed by atoms with Gasteiger partial charge in [-0.3, -0.25) is 4.79 Å². The van der Waals surface area contributed by atoms with Gasteiger partial charge in [-0.25, -0.2) is 13.1 Å². The molecule has 1 aromatic heterocycles. The number of hydrogen-bond acceptors (Lipinski definition) is 7. The number of hydrogen-bond donors (Lipinski definition) is 1. The second kappa shape index (κ2) is 7.95. The largest absolute Gasteiger partial charge is 0.497 e. The monoisotopic (exact) mass is 443 g/mol. The highest BCUT2D eigenvalue weighted by Crippen LogP contribution is 2.34. The van der Waals surface area contributed by atoms with E-state index in [9.17, 15) is 13.2 Å². The number of methoxy groups -OCH3 is 3. The third-order valence-corrected chi connectivity index (χ3v) is 6.42. The van der Waals surface area contributed by atoms with E-state index in [1.54, 1.807) is 49.6 Å². The number of amides is 1. The van der Waals surface area contributed by atoms with Gasteiger partial charge in [0.1, 0.15) is 11.6 Å². The van der Waals surface area contributed by atoms with Gasteiger partial charge in [-0.15, -0.1) is 0 Å². The number of rotatable bonds is 6. The fourth-order valence-corrected chi connectivity index (χ4v) is 4.93. The van der Waals surface area contributed by atoms with E-state index in [1.807, 2.05) is 0 Å². The normalized spacial score (nSPS) is 14.0. The maximum atomic E-state index is 13.0. The molecule has 0 saturated heterocycles. The van der Waals surface area contributed by atoms with Crippen LogP contribution in [-0.2, 0) is 21.3 Å². The van der Waals surface area contributed by atoms with Crippen molar-refractivity contribution in [2.75, 3.05) is 26.6 Å². The van der Waals surface area contributed by atoms with Gasteiger partial charge >= 0.3 is 0 Å². The highest BCUT2D eigenvalue weighted by molar-refractivity contribution is 7.90. The van der Waals surface area contributed by atoms with E-state index in [4.69, 9.17) is 14.2 Å². The van der Waals surface area contributed by atoms with Gasteiger partial charge in [0.25, 0.3) is 5.91 Å². The predicted octanol–water partition coefficient (Wildman–Crippen LogP) is 2.58. The van der Waals surface area contributed by atoms with Crippen molar-refractivity contribution in [1.29, 1.82) is 0 Å². The van der Waals surface area contributed by atoms with Crippen LogP contribution in [0, 0.1) is 0 Å². The van der Waals surface area contributed by atoms with Gasteiger partial charge in [0.15, 0.2) is 21.3 Å². The zero-order chi connectivity index (χ0) is 22.2. The summed E-state index contributed by atoms with van der Waals surface area (Å²) < 4.78 is 41.5. The van der Waals surface area contributed by atoms with Crippen molar-refractivity contribution in [1.82, 2.24) is 9.78 Å². The lowest BCUT2D eigenvalue weighted by Crippen LogP contribution is -2.17. The number of benzene rings is 2. The van der Waals surface area contributed by atoms with Crippen LogP contribution in [0.4, 0.5) is 5.82 Å². The molecule has 162 valence electrons. The van der Waals surface area contributed by atoms with Gasteiger partial charge in [0, 0.05) is 11.1 Å². The Balaban J connectivity index is 1.74. The van der Waals surface area contributed by atoms with Gasteiger partial charge < -0.3 is 19.5 Å². The molecular formula is C21H21N3O6S. The minimum atomic E-state index is -3.30. The van der Waals surface area contributed by atoms with Crippen LogP contribution in [0.3, 0.4) is 0 Å². The number of sulfone groups is 1. The summed E-state index contributed by atoms with van der Waals surface area (Å²) in [6.45, 7) is 0. The van der Waals surface area contributed by atoms with Crippen molar-refractivity contribution in [2.24, 2.45) is 0 Å². The second-order valence-corrected chi connectivity index (χ2v) is 9.00. The smallest absolute Gasteiger partial charge is 0.256 e. The third-order valence-electron chi connectivity index (χ3n) is 4.98. The van der Waals surface area contributed by atoms with E-state index in [0.717, 1.165) is 0 Å². The maximum absolute atomic E-state index is 13.0. The first kappa shape index (κ1) is 20.7. The topological polar surface area (TPSA) is 109 Å². The minimum absolute atomic E-state index is 0.162. The number of nitrogens with one attached hydrogen (secondary N) is 1. The van der Waals surface area contributed by atoms with Crippen molar-refractivity contribution in [2.45, 2.75) is 11.5 Å². The summed E-state index contributed by atoms with van der Waals surface area (Å²) >= 11 is 0. The Kier molecular flexibility index (Phi) is 5.32. The molecule has 2 aromatic carbocycles. The molecular weight excluding hydrogens is 422 g/mol. The molecule has 3 aromatic rings. The summed E-state index contributed by atoms with van der Waals surface area (Å²) in [5.74, 6) is 1.12. The average Bonchev–Trinajstić information content (AvgIpc) is 3.25. The number of aromatic nitrogens is 2. The summed E-state index contributed by atoms with van der Waals surface area (Å²) in [5.41, 5.74) is 1.91. The van der Waals surface area contributed by atoms with E-state index in [-0.39, 0.29) is 11.5 Å². The zero-order valence-corrected chi connectivity index (χ0v) is 18.0. The Labute approximate surface area is 179 Å². The summed E-state index contributed by atoms with van der Waals surface area (Å²) in [4.78, 5) is 13.0. The standard InChI is InChI=1S/C21H21N3O6S/c1-28-15-7-5-14(6-8-15)24-20(16-11-31(26,27)12-17(16)23-24)22-21(25)13-4-9-18(29-2)19(10-13)30-3/h4-10H,11-12H2,1-3H3,(H,22,25). The first-order valence-corrected chi connectivity index (χ1v) is 11.2. The van der Waals surface area contributed by atoms with Crippen LogP contribution < -0.4 is 19.5 Å². The lowest BCUT2D eigenvalue weighted by Gasteiger charge is -2.13. The van der Waals surface area contributed by atoms with Gasteiger partial charge in [0.05, 0.1) is 44.2 Å². The number of anilines is 1. The van der Waals surface area contributed by atoms with Crippen LogP contribution in [0.15, 0.2) is 42.5 Å². The molecule has 0 atom stereocenters. The van der Waals surface area contributed by atoms with Crippen molar-refractivity contribution in [3.05, 3.63) is 59.3 Å². The second-order valence-electron chi connectivity index (χ2n) is 6.94. The molecule has 2 heterocycles. The quantitative estimate of drug-likeness (QED) is 0.624. The highest BCUT2D eigenvalue weighted by atomic mass is 32.2. The molecule has 4 rings (SSSR count). The molecule has 1 N–H and O–H groups in total. The molecule has 0 saturated carbocycles. The molecule has 0 unspecified atom stereocenters. The van der Waals surface area contributed by atoms with Gasteiger partial charge in [-0.2, -0.15) is 5.10 Å². The molecule has 0 radical (unpaired) electrons. The molecule has 1 aliphatic rings. The van der Waals surface area contributed by atoms with E-state index in [0.29, 0.717) is 45.6 Å². The molecule has 0 spiro atoms. The Hall–Kier alpha value is -3.53. The summed E-state index contributed by atoms with van der Waals surface area (Å²) in [6.07, 6.45) is 0. The first-order valence-electron chi connectivity index (χ1n) is 9.34. The maximum Gasteiger partial charge on any atom is 0.256 e. The minimum Gasteiger partial charge on any atom is -0.497 e. The molecule has 1 amide bonds. The van der Waals surface area contributed by atoms with Crippen LogP contribution in [0.2, 0.25) is 0 Å².